The van der Waals surface area contributed by atoms with Crippen LogP contribution in [0, 0.1) is 11.3 Å². The van der Waals surface area contributed by atoms with Crippen LogP contribution >= 0.6 is 27.3 Å². The zero-order chi connectivity index (χ0) is 13.7. The Morgan fingerprint density at radius 2 is 2.53 bits per heavy atom. The summed E-state index contributed by atoms with van der Waals surface area (Å²) >= 11 is 4.82. The molecule has 1 fully saturated rings. The summed E-state index contributed by atoms with van der Waals surface area (Å²) in [6, 6.07) is 5.68. The predicted molar refractivity (Wildman–Crippen MR) is 77.6 cm³/mol. The number of carbonyl (C=O) groups is 1. The van der Waals surface area contributed by atoms with Gasteiger partial charge in [0.2, 0.25) is 0 Å². The predicted octanol–water partition coefficient (Wildman–Crippen LogP) is 2.71. The molecule has 6 heteroatoms. The lowest BCUT2D eigenvalue weighted by Gasteiger charge is -2.09. The summed E-state index contributed by atoms with van der Waals surface area (Å²) in [5, 5.41) is 11.8. The minimum Gasteiger partial charge on any atom is -0.376 e. The largest absolute Gasteiger partial charge is 0.376 e. The van der Waals surface area contributed by atoms with Gasteiger partial charge in [-0.2, -0.15) is 5.26 Å². The number of ether oxygens (including phenoxy) is 1. The molecule has 2 heterocycles. The molecule has 1 atom stereocenters. The molecule has 1 unspecified atom stereocenters. The van der Waals surface area contributed by atoms with Crippen molar-refractivity contribution in [3.05, 3.63) is 26.4 Å². The van der Waals surface area contributed by atoms with Crippen LogP contribution in [0.4, 0.5) is 0 Å². The van der Waals surface area contributed by atoms with Gasteiger partial charge in [-0.05, 0) is 47.0 Å². The highest BCUT2D eigenvalue weighted by Crippen LogP contribution is 2.24. The standard InChI is InChI=1S/C13H13BrN2O2S/c14-12-4-3-11(19-12)6-9(7-15)13(17)16-8-10-2-1-5-18-10/h3-4,6,10H,1-2,5,8H2,(H,16,17). The number of nitrogens with one attached hydrogen (secondary N) is 1. The lowest BCUT2D eigenvalue weighted by atomic mass is 10.2. The molecule has 1 amide bonds. The van der Waals surface area contributed by atoms with Crippen LogP contribution in [-0.4, -0.2) is 25.2 Å². The molecule has 1 aliphatic rings. The molecule has 1 aromatic heterocycles. The highest BCUT2D eigenvalue weighted by Gasteiger charge is 2.17. The Kier molecular flexibility index (Phi) is 5.14. The second kappa shape index (κ2) is 6.85. The molecule has 0 bridgehead atoms. The average Bonchev–Trinajstić information content (AvgIpc) is 3.04. The van der Waals surface area contributed by atoms with Gasteiger partial charge < -0.3 is 10.1 Å². The van der Waals surface area contributed by atoms with Gasteiger partial charge in [0.05, 0.1) is 9.89 Å². The van der Waals surface area contributed by atoms with E-state index in [1.807, 2.05) is 18.2 Å². The van der Waals surface area contributed by atoms with Crippen molar-refractivity contribution in [3.8, 4) is 6.07 Å². The van der Waals surface area contributed by atoms with Crippen molar-refractivity contribution < 1.29 is 9.53 Å². The van der Waals surface area contributed by atoms with Gasteiger partial charge in [-0.15, -0.1) is 11.3 Å². The molecule has 0 aliphatic carbocycles. The summed E-state index contributed by atoms with van der Waals surface area (Å²) in [6.07, 6.45) is 3.68. The summed E-state index contributed by atoms with van der Waals surface area (Å²) in [5.41, 5.74) is 0.118. The van der Waals surface area contributed by atoms with E-state index < -0.39 is 0 Å². The number of rotatable bonds is 4. The van der Waals surface area contributed by atoms with Crippen LogP contribution in [0.1, 0.15) is 17.7 Å². The third kappa shape index (κ3) is 4.16. The summed E-state index contributed by atoms with van der Waals surface area (Å²) < 4.78 is 6.39. The van der Waals surface area contributed by atoms with Crippen LogP contribution in [0.2, 0.25) is 0 Å². The third-order valence-corrected chi connectivity index (χ3v) is 4.33. The highest BCUT2D eigenvalue weighted by molar-refractivity contribution is 9.11. The van der Waals surface area contributed by atoms with E-state index in [4.69, 9.17) is 10.00 Å². The molecule has 0 spiro atoms. The number of amides is 1. The Balaban J connectivity index is 1.95. The van der Waals surface area contributed by atoms with Crippen molar-refractivity contribution in [1.29, 1.82) is 5.26 Å². The van der Waals surface area contributed by atoms with E-state index in [2.05, 4.69) is 21.2 Å². The molecule has 1 aromatic rings. The van der Waals surface area contributed by atoms with Crippen LogP contribution in [0.25, 0.3) is 6.08 Å². The Morgan fingerprint density at radius 1 is 1.68 bits per heavy atom. The van der Waals surface area contributed by atoms with Gasteiger partial charge in [-0.1, -0.05) is 0 Å². The highest BCUT2D eigenvalue weighted by atomic mass is 79.9. The van der Waals surface area contributed by atoms with E-state index in [1.165, 1.54) is 11.3 Å². The van der Waals surface area contributed by atoms with Crippen LogP contribution in [0.5, 0.6) is 0 Å². The molecule has 4 nitrogen and oxygen atoms in total. The topological polar surface area (TPSA) is 62.1 Å². The van der Waals surface area contributed by atoms with Gasteiger partial charge in [0.15, 0.2) is 0 Å². The van der Waals surface area contributed by atoms with Crippen LogP contribution < -0.4 is 5.32 Å². The number of hydrogen-bond donors (Lipinski definition) is 1. The normalized spacial score (nSPS) is 19.2. The first kappa shape index (κ1) is 14.3. The van der Waals surface area contributed by atoms with Gasteiger partial charge >= 0.3 is 0 Å². The number of hydrogen-bond acceptors (Lipinski definition) is 4. The number of carbonyl (C=O) groups excluding carboxylic acids is 1. The molecule has 1 aliphatic heterocycles. The van der Waals surface area contributed by atoms with Crippen molar-refractivity contribution in [3.63, 3.8) is 0 Å². The molecule has 100 valence electrons. The average molecular weight is 341 g/mol. The smallest absolute Gasteiger partial charge is 0.262 e. The molecule has 19 heavy (non-hydrogen) atoms. The Hall–Kier alpha value is -1.16. The molecule has 0 radical (unpaired) electrons. The zero-order valence-corrected chi connectivity index (χ0v) is 12.6. The van der Waals surface area contributed by atoms with Crippen molar-refractivity contribution >= 4 is 39.2 Å². The molecule has 0 saturated carbocycles. The van der Waals surface area contributed by atoms with Crippen LogP contribution in [-0.2, 0) is 9.53 Å². The third-order valence-electron chi connectivity index (χ3n) is 2.76. The first-order valence-corrected chi connectivity index (χ1v) is 7.57. The van der Waals surface area contributed by atoms with E-state index in [0.717, 1.165) is 28.1 Å². The number of thiophene rings is 1. The minimum atomic E-state index is -0.345. The van der Waals surface area contributed by atoms with E-state index in [1.54, 1.807) is 6.08 Å². The van der Waals surface area contributed by atoms with Gasteiger partial charge in [0.1, 0.15) is 11.6 Å². The molecule has 0 aromatic carbocycles. The summed E-state index contributed by atoms with van der Waals surface area (Å²) in [6.45, 7) is 1.22. The van der Waals surface area contributed by atoms with Crippen molar-refractivity contribution in [2.75, 3.05) is 13.2 Å². The van der Waals surface area contributed by atoms with Crippen molar-refractivity contribution in [2.24, 2.45) is 0 Å². The molecular formula is C13H13BrN2O2S. The fraction of sp³-hybridized carbons (Fsp3) is 0.385. The van der Waals surface area contributed by atoms with Crippen LogP contribution in [0.3, 0.4) is 0 Å². The first-order valence-electron chi connectivity index (χ1n) is 5.96. The van der Waals surface area contributed by atoms with E-state index in [-0.39, 0.29) is 17.6 Å². The molecule has 1 saturated heterocycles. The van der Waals surface area contributed by atoms with E-state index in [9.17, 15) is 4.79 Å². The van der Waals surface area contributed by atoms with Crippen LogP contribution in [0.15, 0.2) is 21.5 Å². The lowest BCUT2D eigenvalue weighted by Crippen LogP contribution is -2.32. The summed E-state index contributed by atoms with van der Waals surface area (Å²) in [4.78, 5) is 12.7. The minimum absolute atomic E-state index is 0.0831. The SMILES string of the molecule is N#CC(=Cc1ccc(Br)s1)C(=O)NCC1CCCO1. The maximum Gasteiger partial charge on any atom is 0.262 e. The van der Waals surface area contributed by atoms with Crippen molar-refractivity contribution in [1.82, 2.24) is 5.32 Å². The Labute approximate surface area is 124 Å². The molecule has 1 N–H and O–H groups in total. The lowest BCUT2D eigenvalue weighted by molar-refractivity contribution is -0.117. The van der Waals surface area contributed by atoms with E-state index in [0.29, 0.717) is 6.54 Å². The van der Waals surface area contributed by atoms with Gasteiger partial charge in [0.25, 0.3) is 5.91 Å². The quantitative estimate of drug-likeness (QED) is 0.677. The van der Waals surface area contributed by atoms with Gasteiger partial charge in [0, 0.05) is 18.0 Å². The fourth-order valence-corrected chi connectivity index (χ4v) is 3.17. The number of nitrogens with zero attached hydrogens (tertiary/aromatic N) is 1. The summed E-state index contributed by atoms with van der Waals surface area (Å²) in [7, 11) is 0. The maximum atomic E-state index is 11.9. The monoisotopic (exact) mass is 340 g/mol. The van der Waals surface area contributed by atoms with Gasteiger partial charge in [-0.3, -0.25) is 4.79 Å². The molecule has 2 rings (SSSR count). The Morgan fingerprint density at radius 3 is 3.11 bits per heavy atom. The zero-order valence-electron chi connectivity index (χ0n) is 10.2. The first-order chi connectivity index (χ1) is 9.19. The summed E-state index contributed by atoms with van der Waals surface area (Å²) in [5.74, 6) is -0.345. The van der Waals surface area contributed by atoms with Crippen molar-refractivity contribution in [2.45, 2.75) is 18.9 Å². The second-order valence-corrected chi connectivity index (χ2v) is 6.65. The number of halogens is 1. The second-order valence-electron chi connectivity index (χ2n) is 4.16. The maximum absolute atomic E-state index is 11.9. The fourth-order valence-electron chi connectivity index (χ4n) is 1.80. The molecular weight excluding hydrogens is 328 g/mol. The Bertz CT molecular complexity index is 527. The van der Waals surface area contributed by atoms with Gasteiger partial charge in [-0.25, -0.2) is 0 Å². The van der Waals surface area contributed by atoms with E-state index >= 15 is 0 Å². The number of nitriles is 1.